The Morgan fingerprint density at radius 2 is 2.23 bits per heavy atom. The maximum Gasteiger partial charge on any atom is 0.0948 e. The highest BCUT2D eigenvalue weighted by Gasteiger charge is 2.33. The summed E-state index contributed by atoms with van der Waals surface area (Å²) in [6, 6.07) is 0. The lowest BCUT2D eigenvalue weighted by atomic mass is 9.95. The van der Waals surface area contributed by atoms with Crippen molar-refractivity contribution < 1.29 is 0 Å². The molecule has 1 fully saturated rings. The van der Waals surface area contributed by atoms with Gasteiger partial charge in [-0.15, -0.1) is 0 Å². The van der Waals surface area contributed by atoms with Gasteiger partial charge in [0.1, 0.15) is 0 Å². The van der Waals surface area contributed by atoms with Gasteiger partial charge in [-0.05, 0) is 19.8 Å². The van der Waals surface area contributed by atoms with E-state index in [1.54, 1.807) is 0 Å². The maximum absolute atomic E-state index is 6.34. The third-order valence-electron chi connectivity index (χ3n) is 3.06. The molecule has 3 heteroatoms. The number of nitrogens with two attached hydrogens (primary N) is 1. The fraction of sp³-hybridized carbons (Fsp3) is 0.700. The maximum atomic E-state index is 6.34. The summed E-state index contributed by atoms with van der Waals surface area (Å²) in [5.41, 5.74) is 7.46. The number of imidazole rings is 1. The highest BCUT2D eigenvalue weighted by atomic mass is 15.1. The van der Waals surface area contributed by atoms with Crippen molar-refractivity contribution in [3.8, 4) is 0 Å². The first-order valence-electron chi connectivity index (χ1n) is 5.06. The number of hydrogen-bond acceptors (Lipinski definition) is 2. The van der Waals surface area contributed by atoms with E-state index in [2.05, 4.69) is 16.5 Å². The summed E-state index contributed by atoms with van der Waals surface area (Å²) in [6.45, 7) is 3.10. The van der Waals surface area contributed by atoms with Crippen LogP contribution in [0.15, 0.2) is 12.5 Å². The van der Waals surface area contributed by atoms with Crippen LogP contribution in [-0.2, 0) is 12.1 Å². The first-order chi connectivity index (χ1) is 6.26. The summed E-state index contributed by atoms with van der Waals surface area (Å²) in [6.07, 6.45) is 8.53. The zero-order valence-corrected chi connectivity index (χ0v) is 8.16. The van der Waals surface area contributed by atoms with Crippen molar-refractivity contribution in [3.05, 3.63) is 18.2 Å². The standard InChI is InChI=1S/C10H17N3/c1-2-13-8-12-7-9(13)10(11)5-3-4-6-10/h7-8H,2-6,11H2,1H3. The average molecular weight is 179 g/mol. The lowest BCUT2D eigenvalue weighted by molar-refractivity contribution is 0.425. The number of hydrogen-bond donors (Lipinski definition) is 1. The van der Waals surface area contributed by atoms with Crippen LogP contribution >= 0.6 is 0 Å². The molecule has 72 valence electrons. The fourth-order valence-electron chi connectivity index (χ4n) is 2.25. The van der Waals surface area contributed by atoms with E-state index in [-0.39, 0.29) is 5.54 Å². The SMILES string of the molecule is CCn1cncc1C1(N)CCCC1. The van der Waals surface area contributed by atoms with E-state index in [0.717, 1.165) is 19.4 Å². The van der Waals surface area contributed by atoms with Gasteiger partial charge < -0.3 is 10.3 Å². The summed E-state index contributed by atoms with van der Waals surface area (Å²) in [4.78, 5) is 4.17. The summed E-state index contributed by atoms with van der Waals surface area (Å²) in [7, 11) is 0. The first-order valence-corrected chi connectivity index (χ1v) is 5.06. The van der Waals surface area contributed by atoms with Crippen LogP contribution in [0.25, 0.3) is 0 Å². The zero-order valence-electron chi connectivity index (χ0n) is 8.16. The van der Waals surface area contributed by atoms with Crippen LogP contribution in [-0.4, -0.2) is 9.55 Å². The molecule has 0 bridgehead atoms. The van der Waals surface area contributed by atoms with Gasteiger partial charge in [-0.1, -0.05) is 12.8 Å². The van der Waals surface area contributed by atoms with E-state index in [1.807, 2.05) is 12.5 Å². The molecule has 0 saturated heterocycles. The molecule has 2 rings (SSSR count). The predicted molar refractivity (Wildman–Crippen MR) is 52.2 cm³/mol. The predicted octanol–water partition coefficient (Wildman–Crippen LogP) is 1.63. The third-order valence-corrected chi connectivity index (χ3v) is 3.06. The van der Waals surface area contributed by atoms with E-state index >= 15 is 0 Å². The van der Waals surface area contributed by atoms with E-state index in [9.17, 15) is 0 Å². The van der Waals surface area contributed by atoms with Crippen LogP contribution in [0.5, 0.6) is 0 Å². The van der Waals surface area contributed by atoms with E-state index in [1.165, 1.54) is 18.5 Å². The normalized spacial score (nSPS) is 20.8. The van der Waals surface area contributed by atoms with Crippen LogP contribution in [0.2, 0.25) is 0 Å². The largest absolute Gasteiger partial charge is 0.333 e. The molecule has 3 nitrogen and oxygen atoms in total. The van der Waals surface area contributed by atoms with Crippen molar-refractivity contribution in [2.24, 2.45) is 5.73 Å². The Kier molecular flexibility index (Phi) is 2.12. The average Bonchev–Trinajstić information content (AvgIpc) is 2.72. The molecule has 0 aromatic carbocycles. The van der Waals surface area contributed by atoms with Gasteiger partial charge in [-0.25, -0.2) is 4.98 Å². The Hall–Kier alpha value is -0.830. The number of aryl methyl sites for hydroxylation is 1. The van der Waals surface area contributed by atoms with Crippen molar-refractivity contribution in [1.29, 1.82) is 0 Å². The van der Waals surface area contributed by atoms with Crippen LogP contribution in [0.3, 0.4) is 0 Å². The molecular formula is C10H17N3. The molecule has 0 atom stereocenters. The summed E-state index contributed by atoms with van der Waals surface area (Å²) in [5.74, 6) is 0. The second-order valence-corrected chi connectivity index (χ2v) is 3.93. The molecule has 0 aliphatic heterocycles. The molecule has 1 saturated carbocycles. The number of nitrogens with zero attached hydrogens (tertiary/aromatic N) is 2. The highest BCUT2D eigenvalue weighted by molar-refractivity contribution is 5.14. The molecule has 1 aliphatic carbocycles. The second-order valence-electron chi connectivity index (χ2n) is 3.93. The van der Waals surface area contributed by atoms with Gasteiger partial charge in [-0.3, -0.25) is 0 Å². The lowest BCUT2D eigenvalue weighted by Crippen LogP contribution is -2.35. The molecular weight excluding hydrogens is 162 g/mol. The number of rotatable bonds is 2. The van der Waals surface area contributed by atoms with Crippen molar-refractivity contribution in [3.63, 3.8) is 0 Å². The molecule has 0 spiro atoms. The van der Waals surface area contributed by atoms with Crippen LogP contribution in [0, 0.1) is 0 Å². The van der Waals surface area contributed by atoms with Crippen LogP contribution in [0.1, 0.15) is 38.3 Å². The molecule has 1 aliphatic rings. The minimum atomic E-state index is -0.0908. The zero-order chi connectivity index (χ0) is 9.31. The molecule has 1 aromatic rings. The summed E-state index contributed by atoms with van der Waals surface area (Å²) < 4.78 is 2.16. The Labute approximate surface area is 79.0 Å². The second kappa shape index (κ2) is 3.14. The molecule has 0 radical (unpaired) electrons. The highest BCUT2D eigenvalue weighted by Crippen LogP contribution is 2.35. The minimum Gasteiger partial charge on any atom is -0.333 e. The van der Waals surface area contributed by atoms with Crippen molar-refractivity contribution >= 4 is 0 Å². The van der Waals surface area contributed by atoms with Gasteiger partial charge in [0, 0.05) is 6.54 Å². The molecule has 1 heterocycles. The monoisotopic (exact) mass is 179 g/mol. The molecule has 0 amide bonds. The molecule has 13 heavy (non-hydrogen) atoms. The Morgan fingerprint density at radius 1 is 1.54 bits per heavy atom. The smallest absolute Gasteiger partial charge is 0.0948 e. The fourth-order valence-corrected chi connectivity index (χ4v) is 2.25. The number of aromatic nitrogens is 2. The van der Waals surface area contributed by atoms with Crippen LogP contribution in [0.4, 0.5) is 0 Å². The van der Waals surface area contributed by atoms with Crippen molar-refractivity contribution in [1.82, 2.24) is 9.55 Å². The molecule has 2 N–H and O–H groups in total. The van der Waals surface area contributed by atoms with Crippen molar-refractivity contribution in [2.75, 3.05) is 0 Å². The van der Waals surface area contributed by atoms with E-state index in [4.69, 9.17) is 5.73 Å². The lowest BCUT2D eigenvalue weighted by Gasteiger charge is -2.24. The van der Waals surface area contributed by atoms with Gasteiger partial charge in [0.2, 0.25) is 0 Å². The first kappa shape index (κ1) is 8.75. The van der Waals surface area contributed by atoms with Gasteiger partial charge in [-0.2, -0.15) is 0 Å². The molecule has 0 unspecified atom stereocenters. The quantitative estimate of drug-likeness (QED) is 0.750. The summed E-state index contributed by atoms with van der Waals surface area (Å²) >= 11 is 0. The van der Waals surface area contributed by atoms with Gasteiger partial charge in [0.05, 0.1) is 23.8 Å². The van der Waals surface area contributed by atoms with Crippen molar-refractivity contribution in [2.45, 2.75) is 44.7 Å². The van der Waals surface area contributed by atoms with Gasteiger partial charge >= 0.3 is 0 Å². The summed E-state index contributed by atoms with van der Waals surface area (Å²) in [5, 5.41) is 0. The topological polar surface area (TPSA) is 43.8 Å². The van der Waals surface area contributed by atoms with Crippen LogP contribution < -0.4 is 5.73 Å². The third kappa shape index (κ3) is 1.37. The Bertz CT molecular complexity index is 284. The van der Waals surface area contributed by atoms with E-state index < -0.39 is 0 Å². The van der Waals surface area contributed by atoms with Gasteiger partial charge in [0.25, 0.3) is 0 Å². The molecule has 1 aromatic heterocycles. The minimum absolute atomic E-state index is 0.0908. The Balaban J connectivity index is 2.32. The van der Waals surface area contributed by atoms with Gasteiger partial charge in [0.15, 0.2) is 0 Å². The van der Waals surface area contributed by atoms with E-state index in [0.29, 0.717) is 0 Å². The Morgan fingerprint density at radius 3 is 2.85 bits per heavy atom.